The molecule has 0 rings (SSSR count). The molecule has 0 fully saturated rings. The van der Waals surface area contributed by atoms with E-state index in [4.69, 9.17) is 0 Å². The summed E-state index contributed by atoms with van der Waals surface area (Å²) in [5.41, 5.74) is 0. The van der Waals surface area contributed by atoms with E-state index in [0.717, 1.165) is 0 Å². The van der Waals surface area contributed by atoms with Crippen LogP contribution in [0.3, 0.4) is 0 Å². The van der Waals surface area contributed by atoms with Gasteiger partial charge >= 0.3 is 19.8 Å². The molecule has 2 radical (unpaired) electrons. The van der Waals surface area contributed by atoms with E-state index in [2.05, 4.69) is 0 Å². The summed E-state index contributed by atoms with van der Waals surface area (Å²) in [5, 5.41) is 0. The van der Waals surface area contributed by atoms with Gasteiger partial charge in [-0.3, -0.25) is 0 Å². The number of hydrogen-bond donors (Lipinski definition) is 0. The molecule has 0 N–H and O–H groups in total. The first kappa shape index (κ1) is 34.1. The molecule has 4 heavy (non-hydrogen) atoms. The van der Waals surface area contributed by atoms with E-state index in [-0.39, 0.29) is 72.7 Å². The molecule has 0 nitrogen and oxygen atoms in total. The van der Waals surface area contributed by atoms with Gasteiger partial charge in [0, 0.05) is 39.4 Å². The molecule has 0 saturated carbocycles. The first-order valence-electron chi connectivity index (χ1n) is 0. The topological polar surface area (TPSA) is 0 Å². The summed E-state index contributed by atoms with van der Waals surface area (Å²) in [6.07, 6.45) is 0. The van der Waals surface area contributed by atoms with Crippen LogP contribution < -0.4 is 0 Å². The van der Waals surface area contributed by atoms with Gasteiger partial charge in [0.15, 0.2) is 0 Å². The van der Waals surface area contributed by atoms with Gasteiger partial charge in [-0.2, -0.15) is 13.5 Å². The van der Waals surface area contributed by atoms with Crippen molar-refractivity contribution < 1.29 is 39.4 Å². The fraction of sp³-hybridized carbons (Fsp3) is 0. The fourth-order valence-electron chi connectivity index (χ4n) is 0. The Morgan fingerprint density at radius 2 is 1.00 bits per heavy atom. The van der Waals surface area contributed by atoms with Crippen molar-refractivity contribution in [1.29, 1.82) is 0 Å². The third kappa shape index (κ3) is 8.87. The van der Waals surface area contributed by atoms with Crippen LogP contribution in [-0.2, 0) is 39.4 Å². The van der Waals surface area contributed by atoms with E-state index < -0.39 is 0 Å². The predicted molar refractivity (Wildman–Crippen MR) is 20.3 cm³/mol. The molecule has 36 valence electrons. The van der Waals surface area contributed by atoms with Crippen LogP contribution >= 0.6 is 13.5 Å². The fourth-order valence-corrected chi connectivity index (χ4v) is 0. The molecule has 0 amide bonds. The van der Waals surface area contributed by atoms with Crippen molar-refractivity contribution in [2.24, 2.45) is 0 Å². The van der Waals surface area contributed by atoms with Gasteiger partial charge in [0.1, 0.15) is 0 Å². The van der Waals surface area contributed by atoms with Crippen LogP contribution in [0, 0.1) is 0 Å². The van der Waals surface area contributed by atoms with Crippen LogP contribution in [0.15, 0.2) is 0 Å². The Morgan fingerprint density at radius 3 is 1.00 bits per heavy atom. The summed E-state index contributed by atoms with van der Waals surface area (Å²) < 4.78 is 0. The molecular weight excluding hydrogens is 273 g/mol. The van der Waals surface area contributed by atoms with Crippen molar-refractivity contribution >= 4 is 33.3 Å². The summed E-state index contributed by atoms with van der Waals surface area (Å²) in [7, 11) is 0. The summed E-state index contributed by atoms with van der Waals surface area (Å²) >= 11 is 0. The summed E-state index contributed by atoms with van der Waals surface area (Å²) in [6.45, 7) is 0. The third-order valence-electron chi connectivity index (χ3n) is 0. The second kappa shape index (κ2) is 18.7. The summed E-state index contributed by atoms with van der Waals surface area (Å²) in [5.74, 6) is 0. The Balaban J connectivity index is 0. The van der Waals surface area contributed by atoms with Gasteiger partial charge < -0.3 is 0 Å². The van der Waals surface area contributed by atoms with Gasteiger partial charge in [-0.05, 0) is 0 Å². The Kier molecular flexibility index (Phi) is 160. The molecule has 0 unspecified atom stereocenters. The molecular formula is H5AgCuGaS. The summed E-state index contributed by atoms with van der Waals surface area (Å²) in [6, 6.07) is 0. The van der Waals surface area contributed by atoms with Crippen LogP contribution in [0.5, 0.6) is 0 Å². The molecule has 0 aromatic heterocycles. The minimum atomic E-state index is 0. The molecule has 0 bridgehead atoms. The first-order chi connectivity index (χ1) is 0. The molecule has 4 heteroatoms. The van der Waals surface area contributed by atoms with Crippen molar-refractivity contribution in [3.05, 3.63) is 0 Å². The van der Waals surface area contributed by atoms with Crippen molar-refractivity contribution in [2.45, 2.75) is 0 Å². The minimum absolute atomic E-state index is 0. The Labute approximate surface area is 72.0 Å². The molecule has 0 aliphatic heterocycles. The summed E-state index contributed by atoms with van der Waals surface area (Å²) in [4.78, 5) is 0. The zero-order chi connectivity index (χ0) is 0. The normalized spacial score (nSPS) is 0. The number of rotatable bonds is 0. The average molecular weight is 278 g/mol. The maximum atomic E-state index is 0. The molecule has 0 saturated heterocycles. The number of hydrogen-bond acceptors (Lipinski definition) is 0. The van der Waals surface area contributed by atoms with E-state index in [9.17, 15) is 0 Å². The van der Waals surface area contributed by atoms with Crippen LogP contribution in [0.2, 0.25) is 0 Å². The molecule has 0 aromatic rings. The van der Waals surface area contributed by atoms with Gasteiger partial charge in [0.05, 0.1) is 0 Å². The predicted octanol–water partition coefficient (Wildman–Crippen LogP) is -1.08. The van der Waals surface area contributed by atoms with E-state index in [0.29, 0.717) is 0 Å². The van der Waals surface area contributed by atoms with E-state index in [1.54, 1.807) is 0 Å². The monoisotopic (exact) mass is 276 g/mol. The maximum absolute atomic E-state index is 0. The van der Waals surface area contributed by atoms with Crippen molar-refractivity contribution in [2.75, 3.05) is 0 Å². The van der Waals surface area contributed by atoms with E-state index in [1.165, 1.54) is 0 Å². The standard InChI is InChI=1S/Ag.Cu.Ga.H2S.3H/h;;;1H2;;;. The van der Waals surface area contributed by atoms with Crippen LogP contribution in [0.4, 0.5) is 0 Å². The van der Waals surface area contributed by atoms with E-state index >= 15 is 0 Å². The zero-order valence-corrected chi connectivity index (χ0v) is 4.53. The van der Waals surface area contributed by atoms with Crippen LogP contribution in [0.25, 0.3) is 0 Å². The van der Waals surface area contributed by atoms with Crippen molar-refractivity contribution in [1.82, 2.24) is 0 Å². The molecule has 0 aliphatic carbocycles. The Hall–Kier alpha value is 2.25. The third-order valence-corrected chi connectivity index (χ3v) is 0. The molecule has 0 atom stereocenters. The molecule has 0 aromatic carbocycles. The van der Waals surface area contributed by atoms with Crippen LogP contribution in [-0.4, -0.2) is 19.8 Å². The molecule has 0 aliphatic rings. The molecule has 0 heterocycles. The molecule has 0 spiro atoms. The Morgan fingerprint density at radius 1 is 1.00 bits per heavy atom. The Bertz CT molecular complexity index is 8.00. The van der Waals surface area contributed by atoms with Gasteiger partial charge in [-0.15, -0.1) is 0 Å². The van der Waals surface area contributed by atoms with Crippen molar-refractivity contribution in [3.8, 4) is 0 Å². The van der Waals surface area contributed by atoms with Gasteiger partial charge in [0.25, 0.3) is 0 Å². The second-order valence-electron chi connectivity index (χ2n) is 0. The van der Waals surface area contributed by atoms with Gasteiger partial charge in [0.2, 0.25) is 0 Å². The quantitative estimate of drug-likeness (QED) is 0.495. The van der Waals surface area contributed by atoms with E-state index in [1.807, 2.05) is 0 Å². The first-order valence-corrected chi connectivity index (χ1v) is 0. The zero-order valence-electron chi connectivity index (χ0n) is 1.10. The van der Waals surface area contributed by atoms with Crippen LogP contribution in [0.1, 0.15) is 0 Å². The second-order valence-corrected chi connectivity index (χ2v) is 0. The van der Waals surface area contributed by atoms with Gasteiger partial charge in [-0.25, -0.2) is 0 Å². The van der Waals surface area contributed by atoms with Crippen molar-refractivity contribution in [3.63, 3.8) is 0 Å². The average Bonchev–Trinajstić information content (AvgIpc) is 0. The SMILES string of the molecule is S.[Ag].[Cu].[GaH3]. The van der Waals surface area contributed by atoms with Gasteiger partial charge in [-0.1, -0.05) is 0 Å².